The van der Waals surface area contributed by atoms with Gasteiger partial charge in [-0.25, -0.2) is 22.6 Å². The van der Waals surface area contributed by atoms with Crippen molar-refractivity contribution in [3.05, 3.63) is 42.6 Å². The van der Waals surface area contributed by atoms with E-state index in [0.717, 1.165) is 11.8 Å². The number of carbonyl (C=O) groups is 4. The molecule has 16 heteroatoms. The summed E-state index contributed by atoms with van der Waals surface area (Å²) >= 11 is 0. The van der Waals surface area contributed by atoms with Gasteiger partial charge < -0.3 is 29.7 Å². The summed E-state index contributed by atoms with van der Waals surface area (Å²) in [5.41, 5.74) is -2.49. The zero-order chi connectivity index (χ0) is 40.6. The van der Waals surface area contributed by atoms with Gasteiger partial charge in [-0.3, -0.25) is 19.1 Å². The number of ether oxygens (including phenoxy) is 3. The fourth-order valence-corrected chi connectivity index (χ4v) is 9.25. The number of alkyl halides is 1. The van der Waals surface area contributed by atoms with Gasteiger partial charge in [-0.2, -0.15) is 0 Å². The molecule has 14 nitrogen and oxygen atoms in total. The Morgan fingerprint density at radius 3 is 2.55 bits per heavy atom. The minimum atomic E-state index is -4.38. The Bertz CT molecular complexity index is 1980. The van der Waals surface area contributed by atoms with Crippen LogP contribution in [0.3, 0.4) is 0 Å². The molecule has 2 aliphatic carbocycles. The van der Waals surface area contributed by atoms with E-state index >= 15 is 0 Å². The molecule has 7 atom stereocenters. The van der Waals surface area contributed by atoms with Gasteiger partial charge in [0.05, 0.1) is 13.2 Å². The number of nitrogens with zero attached hydrogens (tertiary/aromatic N) is 2. The zero-order valence-corrected chi connectivity index (χ0v) is 33.7. The van der Waals surface area contributed by atoms with Gasteiger partial charge in [-0.1, -0.05) is 26.0 Å². The summed E-state index contributed by atoms with van der Waals surface area (Å²) in [6.07, 6.45) is 5.99. The number of alkyl carbamates (subject to hydrolysis) is 1. The van der Waals surface area contributed by atoms with E-state index in [9.17, 15) is 32.0 Å². The summed E-state index contributed by atoms with van der Waals surface area (Å²) in [6.45, 7) is 10.3. The predicted octanol–water partition coefficient (Wildman–Crippen LogP) is 4.71. The van der Waals surface area contributed by atoms with Crippen molar-refractivity contribution >= 4 is 44.6 Å². The molecule has 3 fully saturated rings. The molecule has 2 saturated carbocycles. The minimum Gasteiger partial charge on any atom is -0.494 e. The number of hydrogen-bond donors (Lipinski definition) is 3. The molecule has 306 valence electrons. The maximum atomic E-state index is 14.8. The molecule has 6 rings (SSSR count). The molecule has 2 aromatic rings. The molecule has 1 saturated heterocycles. The number of amides is 4. The van der Waals surface area contributed by atoms with Crippen LogP contribution in [0.1, 0.15) is 86.5 Å². The SMILES string of the molecule is CCOc1ccc2c(O[C@@H]3C[C@H]4C(=O)N[C@]5(C(=O)NS(=O)(=O)C6(CF)CC6)C[C@H]5/C=C\CC[C@@H](C)C[C@@H](C)[C@H](NC(=O)OC(C)(C)C)C(=O)N4C3)nccc2c1. The lowest BCUT2D eigenvalue weighted by atomic mass is 9.88. The lowest BCUT2D eigenvalue weighted by molar-refractivity contribution is -0.142. The molecule has 3 heterocycles. The van der Waals surface area contributed by atoms with Gasteiger partial charge in [0.25, 0.3) is 5.91 Å². The van der Waals surface area contributed by atoms with Crippen molar-refractivity contribution in [2.24, 2.45) is 17.8 Å². The second-order valence-electron chi connectivity index (χ2n) is 16.9. The second-order valence-corrected chi connectivity index (χ2v) is 19.0. The van der Waals surface area contributed by atoms with E-state index in [1.165, 1.54) is 4.90 Å². The Kier molecular flexibility index (Phi) is 11.6. The Hall–Kier alpha value is -4.47. The van der Waals surface area contributed by atoms with Gasteiger partial charge in [0.15, 0.2) is 0 Å². The highest BCUT2D eigenvalue weighted by atomic mass is 32.2. The third-order valence-corrected chi connectivity index (χ3v) is 13.3. The molecule has 0 radical (unpaired) electrons. The van der Waals surface area contributed by atoms with Crippen LogP contribution < -0.4 is 24.8 Å². The third-order valence-electron chi connectivity index (χ3n) is 11.2. The van der Waals surface area contributed by atoms with Gasteiger partial charge in [0, 0.05) is 23.9 Å². The third kappa shape index (κ3) is 8.74. The number of sulfonamides is 1. The fraction of sp³-hybridized carbons (Fsp3) is 0.625. The van der Waals surface area contributed by atoms with E-state index in [2.05, 4.69) is 27.3 Å². The number of allylic oxidation sites excluding steroid dienone is 1. The normalized spacial score (nSPS) is 29.7. The number of benzene rings is 1. The molecule has 2 aliphatic heterocycles. The topological polar surface area (TPSA) is 182 Å². The monoisotopic (exact) mass is 799 g/mol. The first kappa shape index (κ1) is 41.2. The van der Waals surface area contributed by atoms with Crippen LogP contribution in [0, 0.1) is 17.8 Å². The van der Waals surface area contributed by atoms with Crippen LogP contribution in [-0.4, -0.2) is 96.0 Å². The molecule has 0 bridgehead atoms. The van der Waals surface area contributed by atoms with Crippen molar-refractivity contribution in [2.75, 3.05) is 19.8 Å². The number of carbonyl (C=O) groups excluding carboxylic acids is 4. The molecule has 3 N–H and O–H groups in total. The second kappa shape index (κ2) is 15.8. The Morgan fingerprint density at radius 1 is 1.12 bits per heavy atom. The standard InChI is InChI=1S/C40H54FN5O9S/c1-7-53-28-12-13-30-26(19-28)14-17-42-34(30)54-29-20-31-33(47)44-40(36(49)45-56(51,52)39(23-41)15-16-39)21-27(40)11-9-8-10-24(2)18-25(3)32(35(48)46(31)22-29)43-37(50)55-38(4,5)6/h9,11-14,17,19,24-25,27,29,31-32H,7-8,10,15-16,18,20-23H2,1-6H3,(H,43,50)(H,44,47)(H,45,49)/b11-9-/t24-,25-,27-,29-,31+,32+,40-/m1/s1. The van der Waals surface area contributed by atoms with Crippen molar-refractivity contribution in [1.82, 2.24) is 25.2 Å². The van der Waals surface area contributed by atoms with Crippen molar-refractivity contribution in [3.8, 4) is 11.6 Å². The summed E-state index contributed by atoms with van der Waals surface area (Å²) in [4.78, 5) is 62.2. The average molecular weight is 800 g/mol. The van der Waals surface area contributed by atoms with E-state index in [1.807, 2.05) is 44.2 Å². The number of nitrogens with one attached hydrogen (secondary N) is 3. The molecule has 1 aromatic heterocycles. The van der Waals surface area contributed by atoms with Crippen LogP contribution in [0.4, 0.5) is 9.18 Å². The lowest BCUT2D eigenvalue weighted by Crippen LogP contribution is -2.59. The van der Waals surface area contributed by atoms with Crippen molar-refractivity contribution in [3.63, 3.8) is 0 Å². The lowest BCUT2D eigenvalue weighted by Gasteiger charge is -2.33. The molecule has 0 unspecified atom stereocenters. The summed E-state index contributed by atoms with van der Waals surface area (Å²) in [6, 6.07) is 5.04. The molecular weight excluding hydrogens is 746 g/mol. The number of aromatic nitrogens is 1. The molecule has 4 aliphatic rings. The summed E-state index contributed by atoms with van der Waals surface area (Å²) < 4.78 is 58.3. The first-order chi connectivity index (χ1) is 26.4. The predicted molar refractivity (Wildman–Crippen MR) is 206 cm³/mol. The van der Waals surface area contributed by atoms with Crippen molar-refractivity contribution in [2.45, 2.75) is 121 Å². The summed E-state index contributed by atoms with van der Waals surface area (Å²) in [5.74, 6) is -2.01. The Balaban J connectivity index is 1.34. The van der Waals surface area contributed by atoms with Gasteiger partial charge in [0.2, 0.25) is 27.7 Å². The van der Waals surface area contributed by atoms with E-state index < -0.39 is 80.5 Å². The van der Waals surface area contributed by atoms with Gasteiger partial charge >= 0.3 is 6.09 Å². The number of halogens is 1. The molecule has 4 amide bonds. The highest BCUT2D eigenvalue weighted by Gasteiger charge is 2.64. The summed E-state index contributed by atoms with van der Waals surface area (Å²) in [7, 11) is -4.38. The first-order valence-electron chi connectivity index (χ1n) is 19.5. The first-order valence-corrected chi connectivity index (χ1v) is 21.0. The largest absolute Gasteiger partial charge is 0.494 e. The highest BCUT2D eigenvalue weighted by Crippen LogP contribution is 2.48. The van der Waals surface area contributed by atoms with E-state index in [0.29, 0.717) is 30.6 Å². The smallest absolute Gasteiger partial charge is 0.408 e. The Labute approximate surface area is 327 Å². The van der Waals surface area contributed by atoms with Crippen LogP contribution in [0.2, 0.25) is 0 Å². The highest BCUT2D eigenvalue weighted by molar-refractivity contribution is 7.91. The van der Waals surface area contributed by atoms with Gasteiger partial charge in [0.1, 0.15) is 46.5 Å². The number of rotatable bonds is 9. The van der Waals surface area contributed by atoms with Crippen molar-refractivity contribution < 1.29 is 46.2 Å². The number of pyridine rings is 1. The van der Waals surface area contributed by atoms with Crippen LogP contribution >= 0.6 is 0 Å². The van der Waals surface area contributed by atoms with E-state index in [4.69, 9.17) is 14.2 Å². The number of hydrogen-bond acceptors (Lipinski definition) is 10. The van der Waals surface area contributed by atoms with Crippen molar-refractivity contribution in [1.29, 1.82) is 0 Å². The quantitative estimate of drug-likeness (QED) is 0.301. The van der Waals surface area contributed by atoms with Crippen LogP contribution in [0.5, 0.6) is 11.6 Å². The average Bonchev–Trinajstić information content (AvgIpc) is 4.03. The van der Waals surface area contributed by atoms with Gasteiger partial charge in [-0.05, 0) is 108 Å². The Morgan fingerprint density at radius 2 is 1.88 bits per heavy atom. The van der Waals surface area contributed by atoms with E-state index in [-0.39, 0.29) is 49.9 Å². The molecule has 1 aromatic carbocycles. The van der Waals surface area contributed by atoms with Crippen LogP contribution in [0.15, 0.2) is 42.6 Å². The molecular formula is C40H54FN5O9S. The minimum absolute atomic E-state index is 0.00191. The van der Waals surface area contributed by atoms with Crippen LogP contribution in [0.25, 0.3) is 10.8 Å². The maximum Gasteiger partial charge on any atom is 0.408 e. The van der Waals surface area contributed by atoms with E-state index in [1.54, 1.807) is 33.0 Å². The van der Waals surface area contributed by atoms with Crippen LogP contribution in [-0.2, 0) is 29.1 Å². The number of fused-ring (bicyclic) bond motifs is 3. The fourth-order valence-electron chi connectivity index (χ4n) is 7.82. The molecule has 0 spiro atoms. The van der Waals surface area contributed by atoms with Gasteiger partial charge in [-0.15, -0.1) is 0 Å². The zero-order valence-electron chi connectivity index (χ0n) is 32.9. The summed E-state index contributed by atoms with van der Waals surface area (Å²) in [5, 5.41) is 7.12. The molecule has 56 heavy (non-hydrogen) atoms. The maximum absolute atomic E-state index is 14.8.